The van der Waals surface area contributed by atoms with E-state index in [-0.39, 0.29) is 34.3 Å². The van der Waals surface area contributed by atoms with Crippen LogP contribution in [0.3, 0.4) is 0 Å². The summed E-state index contributed by atoms with van der Waals surface area (Å²) in [4.78, 5) is 15.0. The standard InChI is InChI=1S/C28H47NO3/c1-25(2,3)21-18-20(24(31)22(19-21)26(4,5)6)12-13-23(30)32-17-16-29-27(7,8)14-11-15-28(29,9)10/h18-19,31H,11-17H2,1-10H3. The van der Waals surface area contributed by atoms with Crippen molar-refractivity contribution in [2.75, 3.05) is 13.2 Å². The molecule has 4 nitrogen and oxygen atoms in total. The Hall–Kier alpha value is -1.55. The van der Waals surface area contributed by atoms with Crippen LogP contribution in [0, 0.1) is 0 Å². The molecule has 0 radical (unpaired) electrons. The van der Waals surface area contributed by atoms with Gasteiger partial charge in [-0.3, -0.25) is 9.69 Å². The number of carbonyl (C=O) groups excluding carboxylic acids is 1. The first-order valence-electron chi connectivity index (χ1n) is 12.3. The Morgan fingerprint density at radius 3 is 2.06 bits per heavy atom. The van der Waals surface area contributed by atoms with E-state index in [1.807, 2.05) is 0 Å². The van der Waals surface area contributed by atoms with Crippen LogP contribution in [0.25, 0.3) is 0 Å². The van der Waals surface area contributed by atoms with Crippen LogP contribution in [0.15, 0.2) is 12.1 Å². The molecule has 1 fully saturated rings. The highest BCUT2D eigenvalue weighted by Gasteiger charge is 2.40. The van der Waals surface area contributed by atoms with E-state index in [9.17, 15) is 9.90 Å². The number of esters is 1. The minimum absolute atomic E-state index is 0.0307. The maximum absolute atomic E-state index is 12.5. The van der Waals surface area contributed by atoms with Crippen molar-refractivity contribution in [2.45, 2.75) is 123 Å². The molecule has 182 valence electrons. The smallest absolute Gasteiger partial charge is 0.306 e. The molecule has 32 heavy (non-hydrogen) atoms. The second kappa shape index (κ2) is 9.37. The molecule has 1 aromatic rings. The van der Waals surface area contributed by atoms with E-state index in [1.165, 1.54) is 24.8 Å². The van der Waals surface area contributed by atoms with E-state index in [4.69, 9.17) is 4.74 Å². The number of benzene rings is 1. The Labute approximate surface area is 196 Å². The summed E-state index contributed by atoms with van der Waals surface area (Å²) in [6.45, 7) is 23.1. The number of piperidine rings is 1. The van der Waals surface area contributed by atoms with Crippen molar-refractivity contribution < 1.29 is 14.6 Å². The van der Waals surface area contributed by atoms with Crippen molar-refractivity contribution in [1.82, 2.24) is 4.90 Å². The van der Waals surface area contributed by atoms with Crippen LogP contribution in [0.4, 0.5) is 0 Å². The second-order valence-electron chi connectivity index (χ2n) is 12.9. The molecule has 1 heterocycles. The van der Waals surface area contributed by atoms with Crippen molar-refractivity contribution >= 4 is 5.97 Å². The van der Waals surface area contributed by atoms with Crippen molar-refractivity contribution in [2.24, 2.45) is 0 Å². The van der Waals surface area contributed by atoms with Gasteiger partial charge in [0.1, 0.15) is 12.4 Å². The van der Waals surface area contributed by atoms with E-state index in [1.54, 1.807) is 0 Å². The molecule has 0 aliphatic carbocycles. The van der Waals surface area contributed by atoms with Crippen LogP contribution < -0.4 is 0 Å². The molecule has 0 amide bonds. The first kappa shape index (κ1) is 26.7. The minimum Gasteiger partial charge on any atom is -0.507 e. The number of rotatable bonds is 6. The Balaban J connectivity index is 2.03. The van der Waals surface area contributed by atoms with E-state index < -0.39 is 0 Å². The zero-order valence-electron chi connectivity index (χ0n) is 22.3. The van der Waals surface area contributed by atoms with Crippen molar-refractivity contribution in [3.05, 3.63) is 28.8 Å². The third-order valence-corrected chi connectivity index (χ3v) is 7.08. The highest BCUT2D eigenvalue weighted by Crippen LogP contribution is 2.39. The number of hydrogen-bond donors (Lipinski definition) is 1. The summed E-state index contributed by atoms with van der Waals surface area (Å²) in [5.41, 5.74) is 2.98. The third-order valence-electron chi connectivity index (χ3n) is 7.08. The SMILES string of the molecule is CC(C)(C)c1cc(CCC(=O)OCCN2C(C)(C)CCCC2(C)C)c(O)c(C(C)(C)C)c1. The van der Waals surface area contributed by atoms with Gasteiger partial charge >= 0.3 is 5.97 Å². The monoisotopic (exact) mass is 445 g/mol. The Kier molecular flexibility index (Phi) is 7.81. The van der Waals surface area contributed by atoms with Gasteiger partial charge < -0.3 is 9.84 Å². The lowest BCUT2D eigenvalue weighted by Gasteiger charge is -2.52. The van der Waals surface area contributed by atoms with Gasteiger partial charge in [-0.05, 0) is 80.9 Å². The molecular weight excluding hydrogens is 398 g/mol. The van der Waals surface area contributed by atoms with Gasteiger partial charge in [-0.15, -0.1) is 0 Å². The molecule has 0 unspecified atom stereocenters. The lowest BCUT2D eigenvalue weighted by molar-refractivity contribution is -0.145. The van der Waals surface area contributed by atoms with Crippen molar-refractivity contribution in [1.29, 1.82) is 0 Å². The van der Waals surface area contributed by atoms with E-state index in [0.717, 1.165) is 17.7 Å². The summed E-state index contributed by atoms with van der Waals surface area (Å²) in [6, 6.07) is 4.16. The molecule has 0 saturated carbocycles. The van der Waals surface area contributed by atoms with E-state index in [0.29, 0.717) is 18.8 Å². The highest BCUT2D eigenvalue weighted by molar-refractivity contribution is 5.70. The molecule has 4 heteroatoms. The Morgan fingerprint density at radius 2 is 1.56 bits per heavy atom. The molecule has 1 aliphatic rings. The zero-order valence-corrected chi connectivity index (χ0v) is 22.3. The molecule has 0 aromatic heterocycles. The molecule has 0 spiro atoms. The van der Waals surface area contributed by atoms with Crippen LogP contribution >= 0.6 is 0 Å². The lowest BCUT2D eigenvalue weighted by Crippen LogP contribution is -2.59. The lowest BCUT2D eigenvalue weighted by atomic mass is 9.78. The number of aromatic hydroxyl groups is 1. The molecule has 0 bridgehead atoms. The number of carbonyl (C=O) groups is 1. The van der Waals surface area contributed by atoms with Gasteiger partial charge in [-0.25, -0.2) is 0 Å². The fourth-order valence-electron chi connectivity index (χ4n) is 5.10. The van der Waals surface area contributed by atoms with Gasteiger partial charge in [0.15, 0.2) is 0 Å². The second-order valence-corrected chi connectivity index (χ2v) is 12.9. The van der Waals surface area contributed by atoms with Crippen LogP contribution in [-0.4, -0.2) is 40.2 Å². The predicted octanol–water partition coefficient (Wildman–Crippen LogP) is 6.51. The van der Waals surface area contributed by atoms with E-state index in [2.05, 4.69) is 86.3 Å². The quantitative estimate of drug-likeness (QED) is 0.507. The average Bonchev–Trinajstić information content (AvgIpc) is 2.60. The number of hydrogen-bond acceptors (Lipinski definition) is 4. The number of likely N-dealkylation sites (tertiary alicyclic amines) is 1. The molecule has 1 N–H and O–H groups in total. The summed E-state index contributed by atoms with van der Waals surface area (Å²) >= 11 is 0. The van der Waals surface area contributed by atoms with Gasteiger partial charge in [0.25, 0.3) is 0 Å². The highest BCUT2D eigenvalue weighted by atomic mass is 16.5. The summed E-state index contributed by atoms with van der Waals surface area (Å²) < 4.78 is 5.63. The first-order chi connectivity index (χ1) is 14.4. The summed E-state index contributed by atoms with van der Waals surface area (Å²) in [7, 11) is 0. The first-order valence-corrected chi connectivity index (χ1v) is 12.3. The van der Waals surface area contributed by atoms with Crippen LogP contribution in [0.2, 0.25) is 0 Å². The molecule has 1 aromatic carbocycles. The molecule has 1 aliphatic heterocycles. The average molecular weight is 446 g/mol. The van der Waals surface area contributed by atoms with Crippen LogP contribution in [0.1, 0.15) is 112 Å². The predicted molar refractivity (Wildman–Crippen MR) is 134 cm³/mol. The van der Waals surface area contributed by atoms with Gasteiger partial charge in [-0.2, -0.15) is 0 Å². The number of aryl methyl sites for hydroxylation is 1. The van der Waals surface area contributed by atoms with E-state index >= 15 is 0 Å². The normalized spacial score (nSPS) is 19.1. The fourth-order valence-corrected chi connectivity index (χ4v) is 5.10. The number of phenolic OH excluding ortho intramolecular Hbond substituents is 1. The molecule has 1 saturated heterocycles. The Morgan fingerprint density at radius 1 is 1.00 bits per heavy atom. The van der Waals surface area contributed by atoms with Gasteiger partial charge in [0.2, 0.25) is 0 Å². The zero-order chi connectivity index (χ0) is 24.5. The molecule has 0 atom stereocenters. The molecule has 2 rings (SSSR count). The maximum atomic E-state index is 12.5. The van der Waals surface area contributed by atoms with Gasteiger partial charge in [0.05, 0.1) is 0 Å². The van der Waals surface area contributed by atoms with Crippen LogP contribution in [0.5, 0.6) is 5.75 Å². The van der Waals surface area contributed by atoms with Crippen LogP contribution in [-0.2, 0) is 26.8 Å². The third kappa shape index (κ3) is 6.50. The summed E-state index contributed by atoms with van der Waals surface area (Å²) in [5.74, 6) is 0.116. The van der Waals surface area contributed by atoms with Crippen molar-refractivity contribution in [3.8, 4) is 5.75 Å². The molecular formula is C28H47NO3. The minimum atomic E-state index is -0.199. The summed E-state index contributed by atoms with van der Waals surface area (Å²) in [5, 5.41) is 10.9. The van der Waals surface area contributed by atoms with Gasteiger partial charge in [-0.1, -0.05) is 53.7 Å². The largest absolute Gasteiger partial charge is 0.507 e. The Bertz CT molecular complexity index is 793. The number of phenols is 1. The number of ether oxygens (including phenoxy) is 1. The topological polar surface area (TPSA) is 49.8 Å². The van der Waals surface area contributed by atoms with Crippen molar-refractivity contribution in [3.63, 3.8) is 0 Å². The summed E-state index contributed by atoms with van der Waals surface area (Å²) in [6.07, 6.45) is 4.34. The maximum Gasteiger partial charge on any atom is 0.306 e. The van der Waals surface area contributed by atoms with Gasteiger partial charge in [0, 0.05) is 24.0 Å². The fraction of sp³-hybridized carbons (Fsp3) is 0.750. The number of nitrogens with zero attached hydrogens (tertiary/aromatic N) is 1.